The van der Waals surface area contributed by atoms with Crippen molar-refractivity contribution in [2.45, 2.75) is 57.5 Å². The van der Waals surface area contributed by atoms with Gasteiger partial charge in [0.1, 0.15) is 0 Å². The largest absolute Gasteiger partial charge is 0.481 e. The van der Waals surface area contributed by atoms with E-state index in [9.17, 15) is 9.90 Å². The molecular weight excluding hydrogens is 240 g/mol. The maximum atomic E-state index is 10.7. The van der Waals surface area contributed by atoms with Gasteiger partial charge in [-0.3, -0.25) is 4.79 Å². The molecule has 4 fully saturated rings. The molecule has 3 nitrogen and oxygen atoms in total. The van der Waals surface area contributed by atoms with Crippen molar-refractivity contribution in [3.05, 3.63) is 12.2 Å². The van der Waals surface area contributed by atoms with Gasteiger partial charge in [-0.05, 0) is 68.6 Å². The molecule has 4 saturated carbocycles. The van der Waals surface area contributed by atoms with Gasteiger partial charge in [-0.2, -0.15) is 0 Å². The molecule has 0 aromatic carbocycles. The Bertz CT molecular complexity index is 373. The second-order valence-corrected chi connectivity index (χ2v) is 7.54. The highest BCUT2D eigenvalue weighted by atomic mass is 16.4. The standard InChI is InChI=1S/C16H24O3/c1-15(19,10-14(17)18)2-3-16-7-11-4-12(8-16)6-13(5-11)9-16/h2-3,11-13,19H,4-10H2,1H3,(H,17,18)/b3-2+. The molecule has 0 spiro atoms. The van der Waals surface area contributed by atoms with E-state index in [4.69, 9.17) is 5.11 Å². The number of carboxylic acid groups (broad SMARTS) is 1. The molecule has 0 aromatic rings. The molecule has 2 N–H and O–H groups in total. The van der Waals surface area contributed by atoms with E-state index < -0.39 is 11.6 Å². The molecule has 0 saturated heterocycles. The number of rotatable bonds is 4. The number of allylic oxidation sites excluding steroid dienone is 1. The third-order valence-electron chi connectivity index (χ3n) is 5.39. The Morgan fingerprint density at radius 3 is 2.11 bits per heavy atom. The van der Waals surface area contributed by atoms with E-state index in [0.29, 0.717) is 0 Å². The monoisotopic (exact) mass is 264 g/mol. The Kier molecular flexibility index (Phi) is 3.01. The summed E-state index contributed by atoms with van der Waals surface area (Å²) in [7, 11) is 0. The van der Waals surface area contributed by atoms with Crippen LogP contribution in [0.25, 0.3) is 0 Å². The molecule has 106 valence electrons. The van der Waals surface area contributed by atoms with E-state index in [1.54, 1.807) is 13.0 Å². The smallest absolute Gasteiger partial charge is 0.306 e. The second-order valence-electron chi connectivity index (χ2n) is 7.54. The summed E-state index contributed by atoms with van der Waals surface area (Å²) in [5, 5.41) is 18.9. The fraction of sp³-hybridized carbons (Fsp3) is 0.812. The lowest BCUT2D eigenvalue weighted by Gasteiger charge is -2.56. The summed E-state index contributed by atoms with van der Waals surface area (Å²) in [6.07, 6.45) is 11.7. The molecule has 0 aliphatic heterocycles. The van der Waals surface area contributed by atoms with Crippen molar-refractivity contribution in [2.75, 3.05) is 0 Å². The molecule has 0 amide bonds. The molecule has 0 radical (unpaired) electrons. The molecule has 1 unspecified atom stereocenters. The normalized spacial score (nSPS) is 43.6. The van der Waals surface area contributed by atoms with Crippen LogP contribution in [0.15, 0.2) is 12.2 Å². The second kappa shape index (κ2) is 4.34. The third-order valence-corrected chi connectivity index (χ3v) is 5.39. The zero-order chi connectivity index (χ0) is 13.7. The first kappa shape index (κ1) is 13.2. The average molecular weight is 264 g/mol. The fourth-order valence-corrected chi connectivity index (χ4v) is 5.10. The van der Waals surface area contributed by atoms with Gasteiger partial charge in [0.05, 0.1) is 12.0 Å². The first-order valence-corrected chi connectivity index (χ1v) is 7.50. The molecule has 4 rings (SSSR count). The van der Waals surface area contributed by atoms with Crippen molar-refractivity contribution in [2.24, 2.45) is 23.2 Å². The summed E-state index contributed by atoms with van der Waals surface area (Å²) in [6, 6.07) is 0. The van der Waals surface area contributed by atoms with Gasteiger partial charge < -0.3 is 10.2 Å². The summed E-state index contributed by atoms with van der Waals surface area (Å²) in [5.41, 5.74) is -0.952. The van der Waals surface area contributed by atoms with Crippen LogP contribution < -0.4 is 0 Å². The minimum absolute atomic E-state index is 0.212. The van der Waals surface area contributed by atoms with Gasteiger partial charge in [0.15, 0.2) is 0 Å². The third kappa shape index (κ3) is 2.71. The zero-order valence-electron chi connectivity index (χ0n) is 11.6. The Hall–Kier alpha value is -0.830. The predicted molar refractivity (Wildman–Crippen MR) is 72.6 cm³/mol. The van der Waals surface area contributed by atoms with Crippen molar-refractivity contribution in [3.8, 4) is 0 Å². The van der Waals surface area contributed by atoms with Crippen LogP contribution in [-0.4, -0.2) is 21.8 Å². The Labute approximate surface area is 114 Å². The minimum atomic E-state index is -1.21. The van der Waals surface area contributed by atoms with Gasteiger partial charge in [-0.15, -0.1) is 0 Å². The van der Waals surface area contributed by atoms with Crippen molar-refractivity contribution in [1.29, 1.82) is 0 Å². The number of carboxylic acids is 1. The Morgan fingerprint density at radius 1 is 1.21 bits per heavy atom. The molecule has 4 aliphatic carbocycles. The van der Waals surface area contributed by atoms with Gasteiger partial charge in [0.2, 0.25) is 0 Å². The van der Waals surface area contributed by atoms with Gasteiger partial charge >= 0.3 is 5.97 Å². The predicted octanol–water partition coefficient (Wildman–Crippen LogP) is 2.98. The lowest BCUT2D eigenvalue weighted by Crippen LogP contribution is -2.45. The van der Waals surface area contributed by atoms with Crippen molar-refractivity contribution in [1.82, 2.24) is 0 Å². The SMILES string of the molecule is CC(O)(/C=C/C12CC3CC(CC(C3)C1)C2)CC(=O)O. The zero-order valence-corrected chi connectivity index (χ0v) is 11.6. The number of aliphatic hydroxyl groups is 1. The maximum Gasteiger partial charge on any atom is 0.306 e. The summed E-state index contributed by atoms with van der Waals surface area (Å²) >= 11 is 0. The van der Waals surface area contributed by atoms with Gasteiger partial charge in [0.25, 0.3) is 0 Å². The van der Waals surface area contributed by atoms with E-state index in [1.165, 1.54) is 38.5 Å². The first-order valence-electron chi connectivity index (χ1n) is 7.50. The highest BCUT2D eigenvalue weighted by Crippen LogP contribution is 2.60. The van der Waals surface area contributed by atoms with Crippen LogP contribution in [0, 0.1) is 23.2 Å². The van der Waals surface area contributed by atoms with Crippen molar-refractivity contribution < 1.29 is 15.0 Å². The summed E-state index contributed by atoms with van der Waals surface area (Å²) in [5.74, 6) is 1.68. The molecule has 0 aromatic heterocycles. The molecule has 19 heavy (non-hydrogen) atoms. The van der Waals surface area contributed by atoms with Gasteiger partial charge in [-0.25, -0.2) is 0 Å². The summed E-state index contributed by atoms with van der Waals surface area (Å²) in [4.78, 5) is 10.7. The minimum Gasteiger partial charge on any atom is -0.481 e. The van der Waals surface area contributed by atoms with E-state index in [2.05, 4.69) is 6.08 Å². The molecule has 1 atom stereocenters. The van der Waals surface area contributed by atoms with E-state index in [-0.39, 0.29) is 11.8 Å². The van der Waals surface area contributed by atoms with Crippen LogP contribution in [0.2, 0.25) is 0 Å². The topological polar surface area (TPSA) is 57.5 Å². The molecule has 3 heteroatoms. The summed E-state index contributed by atoms with van der Waals surface area (Å²) < 4.78 is 0. The van der Waals surface area contributed by atoms with Gasteiger partial charge in [0, 0.05) is 0 Å². The Morgan fingerprint density at radius 2 is 1.68 bits per heavy atom. The molecular formula is C16H24O3. The number of carbonyl (C=O) groups is 1. The van der Waals surface area contributed by atoms with E-state index in [0.717, 1.165) is 17.8 Å². The van der Waals surface area contributed by atoms with Gasteiger partial charge in [-0.1, -0.05) is 12.2 Å². The number of hydrogen-bond donors (Lipinski definition) is 2. The number of aliphatic carboxylic acids is 1. The van der Waals surface area contributed by atoms with E-state index >= 15 is 0 Å². The lowest BCUT2D eigenvalue weighted by atomic mass is 9.49. The summed E-state index contributed by atoms with van der Waals surface area (Å²) in [6.45, 7) is 1.60. The maximum absolute atomic E-state index is 10.7. The first-order chi connectivity index (χ1) is 8.86. The van der Waals surface area contributed by atoms with Crippen LogP contribution in [-0.2, 0) is 4.79 Å². The average Bonchev–Trinajstić information content (AvgIpc) is 2.23. The Balaban J connectivity index is 1.74. The molecule has 0 heterocycles. The fourth-order valence-electron chi connectivity index (χ4n) is 5.10. The van der Waals surface area contributed by atoms with E-state index in [1.807, 2.05) is 0 Å². The lowest BCUT2D eigenvalue weighted by molar-refractivity contribution is -0.140. The van der Waals surface area contributed by atoms with Crippen LogP contribution in [0.3, 0.4) is 0 Å². The van der Waals surface area contributed by atoms with Crippen molar-refractivity contribution in [3.63, 3.8) is 0 Å². The van der Waals surface area contributed by atoms with Crippen LogP contribution in [0.4, 0.5) is 0 Å². The quantitative estimate of drug-likeness (QED) is 0.767. The molecule has 4 bridgehead atoms. The van der Waals surface area contributed by atoms with Crippen LogP contribution in [0.5, 0.6) is 0 Å². The van der Waals surface area contributed by atoms with Crippen molar-refractivity contribution >= 4 is 5.97 Å². The highest BCUT2D eigenvalue weighted by molar-refractivity contribution is 5.68. The van der Waals surface area contributed by atoms with Crippen LogP contribution in [0.1, 0.15) is 51.9 Å². The number of hydrogen-bond acceptors (Lipinski definition) is 2. The highest BCUT2D eigenvalue weighted by Gasteiger charge is 2.49. The molecule has 4 aliphatic rings. The van der Waals surface area contributed by atoms with Crippen LogP contribution >= 0.6 is 0 Å².